The number of amides is 1. The van der Waals surface area contributed by atoms with Crippen molar-refractivity contribution < 1.29 is 4.79 Å². The van der Waals surface area contributed by atoms with E-state index >= 15 is 0 Å². The van der Waals surface area contributed by atoms with Gasteiger partial charge in [0.15, 0.2) is 0 Å². The molecule has 4 nitrogen and oxygen atoms in total. The molecule has 0 aromatic carbocycles. The number of thioether (sulfide) groups is 1. The van der Waals surface area contributed by atoms with Crippen molar-refractivity contribution in [3.05, 3.63) is 24.0 Å². The highest BCUT2D eigenvalue weighted by atomic mass is 32.2. The smallest absolute Gasteiger partial charge is 0.241 e. The second-order valence-corrected chi connectivity index (χ2v) is 4.55. The largest absolute Gasteiger partial charge is 0.323 e. The van der Waals surface area contributed by atoms with Gasteiger partial charge in [0, 0.05) is 6.20 Å². The van der Waals surface area contributed by atoms with Crippen LogP contribution in [0.4, 0.5) is 5.69 Å². The molecule has 5 heteroatoms. The number of hydrogen-bond acceptors (Lipinski definition) is 4. The molecule has 1 heterocycles. The van der Waals surface area contributed by atoms with Crippen molar-refractivity contribution in [3.63, 3.8) is 0 Å². The lowest BCUT2D eigenvalue weighted by Gasteiger charge is -2.12. The van der Waals surface area contributed by atoms with Crippen LogP contribution in [-0.4, -0.2) is 28.9 Å². The van der Waals surface area contributed by atoms with E-state index in [9.17, 15) is 4.79 Å². The number of nitrogens with zero attached hydrogens (tertiary/aromatic N) is 1. The Bertz CT molecular complexity index is 357. The van der Waals surface area contributed by atoms with Gasteiger partial charge in [-0.1, -0.05) is 0 Å². The Hall–Kier alpha value is -1.07. The summed E-state index contributed by atoms with van der Waals surface area (Å²) in [5.74, 6) is 0.741. The molecule has 0 bridgehead atoms. The van der Waals surface area contributed by atoms with Gasteiger partial charge in [-0.05, 0) is 37.0 Å². The minimum atomic E-state index is -0.452. The molecule has 1 aromatic rings. The van der Waals surface area contributed by atoms with E-state index in [0.29, 0.717) is 6.42 Å². The highest BCUT2D eigenvalue weighted by molar-refractivity contribution is 7.98. The predicted molar refractivity (Wildman–Crippen MR) is 68.6 cm³/mol. The summed E-state index contributed by atoms with van der Waals surface area (Å²) in [6.07, 6.45) is 6.01. The molecule has 0 radical (unpaired) electrons. The summed E-state index contributed by atoms with van der Waals surface area (Å²) in [4.78, 5) is 15.7. The quantitative estimate of drug-likeness (QED) is 0.815. The van der Waals surface area contributed by atoms with Gasteiger partial charge in [-0.3, -0.25) is 9.78 Å². The second-order valence-electron chi connectivity index (χ2n) is 3.57. The predicted octanol–water partition coefficient (Wildman–Crippen LogP) is 1.41. The molecule has 16 heavy (non-hydrogen) atoms. The van der Waals surface area contributed by atoms with Crippen LogP contribution in [0.1, 0.15) is 12.0 Å². The maximum Gasteiger partial charge on any atom is 0.241 e. The van der Waals surface area contributed by atoms with E-state index in [1.165, 1.54) is 0 Å². The summed E-state index contributed by atoms with van der Waals surface area (Å²) < 4.78 is 0. The molecule has 0 saturated carbocycles. The molecule has 1 rings (SSSR count). The van der Waals surface area contributed by atoms with E-state index in [2.05, 4.69) is 10.3 Å². The van der Waals surface area contributed by atoms with Crippen LogP contribution in [-0.2, 0) is 4.79 Å². The fraction of sp³-hybridized carbons (Fsp3) is 0.455. The van der Waals surface area contributed by atoms with E-state index in [4.69, 9.17) is 5.73 Å². The summed E-state index contributed by atoms with van der Waals surface area (Å²) in [6, 6.07) is 1.40. The number of nitrogens with one attached hydrogen (secondary N) is 1. The first-order valence-corrected chi connectivity index (χ1v) is 6.50. The Morgan fingerprint density at radius 3 is 3.06 bits per heavy atom. The summed E-state index contributed by atoms with van der Waals surface area (Å²) >= 11 is 1.68. The average molecular weight is 239 g/mol. The number of nitrogens with two attached hydrogens (primary N) is 1. The Balaban J connectivity index is 2.54. The lowest BCUT2D eigenvalue weighted by molar-refractivity contribution is -0.117. The van der Waals surface area contributed by atoms with E-state index < -0.39 is 6.04 Å². The molecular weight excluding hydrogens is 222 g/mol. The van der Waals surface area contributed by atoms with Crippen LogP contribution in [0.3, 0.4) is 0 Å². The number of anilines is 1. The van der Waals surface area contributed by atoms with Crippen molar-refractivity contribution >= 4 is 23.4 Å². The molecule has 88 valence electrons. The van der Waals surface area contributed by atoms with Crippen molar-refractivity contribution in [3.8, 4) is 0 Å². The molecule has 0 fully saturated rings. The number of pyridine rings is 1. The van der Waals surface area contributed by atoms with Gasteiger partial charge in [-0.25, -0.2) is 0 Å². The maximum atomic E-state index is 11.7. The van der Waals surface area contributed by atoms with E-state index in [-0.39, 0.29) is 5.91 Å². The maximum absolute atomic E-state index is 11.7. The lowest BCUT2D eigenvalue weighted by atomic mass is 10.2. The van der Waals surface area contributed by atoms with Crippen LogP contribution >= 0.6 is 11.8 Å². The fourth-order valence-electron chi connectivity index (χ4n) is 1.20. The minimum Gasteiger partial charge on any atom is -0.323 e. The average Bonchev–Trinajstić information content (AvgIpc) is 2.28. The molecule has 1 amide bonds. The van der Waals surface area contributed by atoms with Crippen LogP contribution in [0.2, 0.25) is 0 Å². The van der Waals surface area contributed by atoms with Crippen LogP contribution in [0, 0.1) is 6.92 Å². The number of aromatic nitrogens is 1. The Labute approximate surface area is 100 Å². The highest BCUT2D eigenvalue weighted by Crippen LogP contribution is 2.12. The second kappa shape index (κ2) is 6.50. The first-order valence-electron chi connectivity index (χ1n) is 5.11. The zero-order valence-corrected chi connectivity index (χ0v) is 10.4. The summed E-state index contributed by atoms with van der Waals surface area (Å²) in [5.41, 5.74) is 7.47. The Morgan fingerprint density at radius 2 is 2.44 bits per heavy atom. The zero-order valence-electron chi connectivity index (χ0n) is 9.56. The van der Waals surface area contributed by atoms with Crippen molar-refractivity contribution in [1.29, 1.82) is 0 Å². The summed E-state index contributed by atoms with van der Waals surface area (Å²) in [6.45, 7) is 1.92. The number of carbonyl (C=O) groups excluding carboxylic acids is 1. The summed E-state index contributed by atoms with van der Waals surface area (Å²) in [5, 5.41) is 2.78. The van der Waals surface area contributed by atoms with E-state index in [0.717, 1.165) is 17.0 Å². The Morgan fingerprint density at radius 1 is 1.69 bits per heavy atom. The van der Waals surface area contributed by atoms with Gasteiger partial charge in [0.1, 0.15) is 0 Å². The zero-order chi connectivity index (χ0) is 12.0. The van der Waals surface area contributed by atoms with Gasteiger partial charge in [-0.2, -0.15) is 11.8 Å². The molecule has 1 aromatic heterocycles. The molecule has 0 aliphatic rings. The first kappa shape index (κ1) is 13.0. The van der Waals surface area contributed by atoms with Crippen molar-refractivity contribution in [2.75, 3.05) is 17.3 Å². The molecular formula is C11H17N3OS. The highest BCUT2D eigenvalue weighted by Gasteiger charge is 2.13. The molecule has 1 atom stereocenters. The number of carbonyl (C=O) groups is 1. The number of hydrogen-bond donors (Lipinski definition) is 2. The normalized spacial score (nSPS) is 12.2. The van der Waals surface area contributed by atoms with E-state index in [1.807, 2.05) is 19.2 Å². The summed E-state index contributed by atoms with van der Waals surface area (Å²) in [7, 11) is 0. The van der Waals surface area contributed by atoms with Gasteiger partial charge in [-0.15, -0.1) is 0 Å². The standard InChI is InChI=1S/C11H17N3OS/c1-8-3-5-13-7-10(8)14-11(15)9(12)4-6-16-2/h3,5,7,9H,4,6,12H2,1-2H3,(H,14,15)/t9-/m1/s1. The molecule has 3 N–H and O–H groups in total. The van der Waals surface area contributed by atoms with Crippen molar-refractivity contribution in [2.24, 2.45) is 5.73 Å². The number of rotatable bonds is 5. The van der Waals surface area contributed by atoms with Crippen LogP contribution in [0.5, 0.6) is 0 Å². The van der Waals surface area contributed by atoms with E-state index in [1.54, 1.807) is 24.2 Å². The minimum absolute atomic E-state index is 0.148. The topological polar surface area (TPSA) is 68.0 Å². The van der Waals surface area contributed by atoms with Gasteiger partial charge < -0.3 is 11.1 Å². The third-order valence-electron chi connectivity index (χ3n) is 2.27. The fourth-order valence-corrected chi connectivity index (χ4v) is 1.69. The van der Waals surface area contributed by atoms with Crippen LogP contribution in [0.25, 0.3) is 0 Å². The third kappa shape index (κ3) is 3.83. The molecule has 0 aliphatic heterocycles. The lowest BCUT2D eigenvalue weighted by Crippen LogP contribution is -2.36. The van der Waals surface area contributed by atoms with Gasteiger partial charge in [0.2, 0.25) is 5.91 Å². The first-order chi connectivity index (χ1) is 7.65. The molecule has 0 unspecified atom stereocenters. The molecule has 0 aliphatic carbocycles. The Kier molecular flexibility index (Phi) is 5.28. The van der Waals surface area contributed by atoms with Crippen molar-refractivity contribution in [1.82, 2.24) is 4.98 Å². The van der Waals surface area contributed by atoms with Gasteiger partial charge >= 0.3 is 0 Å². The van der Waals surface area contributed by atoms with Crippen LogP contribution in [0.15, 0.2) is 18.5 Å². The third-order valence-corrected chi connectivity index (χ3v) is 2.91. The van der Waals surface area contributed by atoms with Crippen molar-refractivity contribution in [2.45, 2.75) is 19.4 Å². The molecule has 0 saturated heterocycles. The van der Waals surface area contributed by atoms with Crippen LogP contribution < -0.4 is 11.1 Å². The number of aryl methyl sites for hydroxylation is 1. The molecule has 0 spiro atoms. The van der Waals surface area contributed by atoms with Gasteiger partial charge in [0.05, 0.1) is 17.9 Å². The SMILES string of the molecule is CSCC[C@@H](N)C(=O)Nc1cnccc1C. The monoisotopic (exact) mass is 239 g/mol. The van der Waals surface area contributed by atoms with Gasteiger partial charge in [0.25, 0.3) is 0 Å².